The van der Waals surface area contributed by atoms with E-state index in [0.29, 0.717) is 6.42 Å². The Morgan fingerprint density at radius 3 is 2.90 bits per heavy atom. The Labute approximate surface area is 63.3 Å². The zero-order valence-electron chi connectivity index (χ0n) is 5.36. The van der Waals surface area contributed by atoms with Gasteiger partial charge in [-0.1, -0.05) is 6.08 Å². The van der Waals surface area contributed by atoms with Crippen LogP contribution >= 0.6 is 11.8 Å². The third-order valence-corrected chi connectivity index (χ3v) is 2.22. The van der Waals surface area contributed by atoms with E-state index in [1.165, 1.54) is 11.8 Å². The van der Waals surface area contributed by atoms with Crippen LogP contribution in [0.15, 0.2) is 11.5 Å². The normalized spacial score (nSPS) is 32.1. The first kappa shape index (κ1) is 7.63. The van der Waals surface area contributed by atoms with Crippen molar-refractivity contribution in [1.82, 2.24) is 0 Å². The second-order valence-corrected chi connectivity index (χ2v) is 3.33. The van der Waals surface area contributed by atoms with Crippen molar-refractivity contribution in [1.29, 1.82) is 0 Å². The van der Waals surface area contributed by atoms with Crippen molar-refractivity contribution in [3.63, 3.8) is 0 Å². The highest BCUT2D eigenvalue weighted by molar-refractivity contribution is 8.02. The monoisotopic (exact) mass is 159 g/mol. The van der Waals surface area contributed by atoms with Gasteiger partial charge in [-0.05, 0) is 11.8 Å². The molecule has 2 unspecified atom stereocenters. The molecule has 1 heterocycles. The number of carboxylic acids is 1. The second-order valence-electron chi connectivity index (χ2n) is 2.18. The number of nitrogens with two attached hydrogens (primary N) is 1. The summed E-state index contributed by atoms with van der Waals surface area (Å²) in [7, 11) is 0. The molecule has 3 N–H and O–H groups in total. The van der Waals surface area contributed by atoms with Crippen molar-refractivity contribution in [2.45, 2.75) is 11.8 Å². The minimum atomic E-state index is -0.785. The SMILES string of the molecule is NC1CC(C(=O)O)C=CS1. The van der Waals surface area contributed by atoms with E-state index in [4.69, 9.17) is 10.8 Å². The Bertz CT molecular complexity index is 169. The first-order chi connectivity index (χ1) is 4.70. The fourth-order valence-corrected chi connectivity index (χ4v) is 1.61. The first-order valence-electron chi connectivity index (χ1n) is 3.00. The molecule has 56 valence electrons. The maximum Gasteiger partial charge on any atom is 0.310 e. The molecule has 0 spiro atoms. The molecule has 10 heavy (non-hydrogen) atoms. The fourth-order valence-electron chi connectivity index (χ4n) is 0.809. The van der Waals surface area contributed by atoms with Crippen LogP contribution in [0.3, 0.4) is 0 Å². The molecule has 0 amide bonds. The Balaban J connectivity index is 2.55. The van der Waals surface area contributed by atoms with Gasteiger partial charge in [-0.15, -0.1) is 11.8 Å². The minimum absolute atomic E-state index is 0.0499. The Kier molecular flexibility index (Phi) is 2.34. The number of aliphatic carboxylic acids is 1. The summed E-state index contributed by atoms with van der Waals surface area (Å²) in [5, 5.41) is 10.2. The third-order valence-electron chi connectivity index (χ3n) is 1.37. The molecule has 0 saturated heterocycles. The van der Waals surface area contributed by atoms with E-state index in [2.05, 4.69) is 0 Å². The van der Waals surface area contributed by atoms with Gasteiger partial charge in [0.15, 0.2) is 0 Å². The summed E-state index contributed by atoms with van der Waals surface area (Å²) in [5.74, 6) is -1.16. The molecule has 1 rings (SSSR count). The van der Waals surface area contributed by atoms with Crippen molar-refractivity contribution in [2.24, 2.45) is 11.7 Å². The van der Waals surface area contributed by atoms with E-state index in [9.17, 15) is 4.79 Å². The van der Waals surface area contributed by atoms with Gasteiger partial charge >= 0.3 is 5.97 Å². The van der Waals surface area contributed by atoms with E-state index in [-0.39, 0.29) is 11.3 Å². The Hall–Kier alpha value is -0.480. The number of carbonyl (C=O) groups is 1. The van der Waals surface area contributed by atoms with E-state index in [1.807, 2.05) is 0 Å². The number of rotatable bonds is 1. The molecule has 1 aliphatic heterocycles. The number of hydrogen-bond donors (Lipinski definition) is 2. The van der Waals surface area contributed by atoms with E-state index < -0.39 is 5.97 Å². The predicted molar refractivity (Wildman–Crippen MR) is 40.4 cm³/mol. The van der Waals surface area contributed by atoms with E-state index in [0.717, 1.165) is 0 Å². The van der Waals surface area contributed by atoms with E-state index >= 15 is 0 Å². The highest BCUT2D eigenvalue weighted by Gasteiger charge is 2.20. The quantitative estimate of drug-likeness (QED) is 0.588. The van der Waals surface area contributed by atoms with Crippen LogP contribution in [0.1, 0.15) is 6.42 Å². The van der Waals surface area contributed by atoms with Gasteiger partial charge in [-0.25, -0.2) is 0 Å². The van der Waals surface area contributed by atoms with Gasteiger partial charge in [0, 0.05) is 0 Å². The third kappa shape index (κ3) is 1.75. The molecule has 0 aromatic heterocycles. The summed E-state index contributed by atoms with van der Waals surface area (Å²) < 4.78 is 0. The van der Waals surface area contributed by atoms with Crippen molar-refractivity contribution in [3.8, 4) is 0 Å². The van der Waals surface area contributed by atoms with Gasteiger partial charge in [-0.3, -0.25) is 4.79 Å². The maximum absolute atomic E-state index is 10.4. The first-order valence-corrected chi connectivity index (χ1v) is 3.95. The van der Waals surface area contributed by atoms with Crippen LogP contribution in [0.4, 0.5) is 0 Å². The molecular weight excluding hydrogens is 150 g/mol. The van der Waals surface area contributed by atoms with Crippen molar-refractivity contribution >= 4 is 17.7 Å². The molecule has 4 heteroatoms. The highest BCUT2D eigenvalue weighted by Crippen LogP contribution is 2.23. The summed E-state index contributed by atoms with van der Waals surface area (Å²) >= 11 is 1.47. The van der Waals surface area contributed by atoms with Gasteiger partial charge < -0.3 is 10.8 Å². The largest absolute Gasteiger partial charge is 0.481 e. The summed E-state index contributed by atoms with van der Waals surface area (Å²) in [6.45, 7) is 0. The zero-order chi connectivity index (χ0) is 7.56. The standard InChI is InChI=1S/C6H9NO2S/c7-5-3-4(6(8)9)1-2-10-5/h1-2,4-5H,3,7H2,(H,8,9). The molecule has 3 nitrogen and oxygen atoms in total. The highest BCUT2D eigenvalue weighted by atomic mass is 32.2. The van der Waals surface area contributed by atoms with Crippen molar-refractivity contribution in [3.05, 3.63) is 11.5 Å². The number of thioether (sulfide) groups is 1. The van der Waals surface area contributed by atoms with Gasteiger partial charge in [0.05, 0.1) is 11.3 Å². The molecular formula is C6H9NO2S. The molecule has 0 bridgehead atoms. The molecule has 0 aromatic carbocycles. The van der Waals surface area contributed by atoms with Crippen LogP contribution in [0.5, 0.6) is 0 Å². The number of hydrogen-bond acceptors (Lipinski definition) is 3. The van der Waals surface area contributed by atoms with Gasteiger partial charge in [0.2, 0.25) is 0 Å². The average molecular weight is 159 g/mol. The van der Waals surface area contributed by atoms with Crippen molar-refractivity contribution < 1.29 is 9.90 Å². The minimum Gasteiger partial charge on any atom is -0.481 e. The molecule has 0 saturated carbocycles. The topological polar surface area (TPSA) is 63.3 Å². The van der Waals surface area contributed by atoms with Crippen molar-refractivity contribution in [2.75, 3.05) is 0 Å². The maximum atomic E-state index is 10.4. The van der Waals surface area contributed by atoms with Crippen LogP contribution in [-0.2, 0) is 4.79 Å². The molecule has 0 aliphatic carbocycles. The molecule has 1 aliphatic rings. The smallest absolute Gasteiger partial charge is 0.310 e. The molecule has 0 fully saturated rings. The lowest BCUT2D eigenvalue weighted by Gasteiger charge is -2.16. The summed E-state index contributed by atoms with van der Waals surface area (Å²) in [6, 6.07) is 0. The fraction of sp³-hybridized carbons (Fsp3) is 0.500. The summed E-state index contributed by atoms with van der Waals surface area (Å²) in [4.78, 5) is 10.4. The van der Waals surface area contributed by atoms with Gasteiger partial charge in [-0.2, -0.15) is 0 Å². The zero-order valence-corrected chi connectivity index (χ0v) is 6.17. The van der Waals surface area contributed by atoms with Gasteiger partial charge in [0.1, 0.15) is 0 Å². The van der Waals surface area contributed by atoms with Crippen LogP contribution in [0, 0.1) is 5.92 Å². The molecule has 0 radical (unpaired) electrons. The van der Waals surface area contributed by atoms with Crippen LogP contribution in [-0.4, -0.2) is 16.4 Å². The van der Waals surface area contributed by atoms with Crippen LogP contribution < -0.4 is 5.73 Å². The molecule has 2 atom stereocenters. The Morgan fingerprint density at radius 1 is 1.80 bits per heavy atom. The second kappa shape index (κ2) is 3.07. The number of carboxylic acid groups (broad SMARTS) is 1. The van der Waals surface area contributed by atoms with E-state index in [1.54, 1.807) is 11.5 Å². The summed E-state index contributed by atoms with van der Waals surface area (Å²) in [6.07, 6.45) is 2.22. The van der Waals surface area contributed by atoms with Gasteiger partial charge in [0.25, 0.3) is 0 Å². The van der Waals surface area contributed by atoms with Crippen LogP contribution in [0.25, 0.3) is 0 Å². The molecule has 0 aromatic rings. The lowest BCUT2D eigenvalue weighted by molar-refractivity contribution is -0.140. The predicted octanol–water partition coefficient (Wildman–Crippen LogP) is 0.623. The lowest BCUT2D eigenvalue weighted by Crippen LogP contribution is -2.25. The average Bonchev–Trinajstić information content (AvgIpc) is 1.88. The lowest BCUT2D eigenvalue weighted by atomic mass is 10.1. The summed E-state index contributed by atoms with van der Waals surface area (Å²) in [5.41, 5.74) is 5.51. The van der Waals surface area contributed by atoms with Crippen LogP contribution in [0.2, 0.25) is 0 Å². The Morgan fingerprint density at radius 2 is 2.50 bits per heavy atom.